The zero-order valence-electron chi connectivity index (χ0n) is 15.1. The zero-order chi connectivity index (χ0) is 17.8. The lowest BCUT2D eigenvalue weighted by Gasteiger charge is -2.31. The summed E-state index contributed by atoms with van der Waals surface area (Å²) in [6, 6.07) is 0. The van der Waals surface area contributed by atoms with Gasteiger partial charge in [-0.25, -0.2) is 0 Å². The highest BCUT2D eigenvalue weighted by Gasteiger charge is 2.27. The number of hydrogen-bond donors (Lipinski definition) is 2. The second kappa shape index (κ2) is 8.25. The fourth-order valence-electron chi connectivity index (χ4n) is 3.81. The van der Waals surface area contributed by atoms with Gasteiger partial charge in [0.05, 0.1) is 12.6 Å². The van der Waals surface area contributed by atoms with Gasteiger partial charge in [0.25, 0.3) is 0 Å². The standard InChI is InChI=1S/C17H30N6O2/c1-21-15(12-22-8-5-14(24)6-9-22)19-20-17(21)13-3-10-23(11-4-13)16(25)2-7-18/h13-14,24H,2-12,18H2,1H3. The van der Waals surface area contributed by atoms with Crippen molar-refractivity contribution in [3.05, 3.63) is 11.6 Å². The molecule has 8 nitrogen and oxygen atoms in total. The molecule has 0 unspecified atom stereocenters. The van der Waals surface area contributed by atoms with Crippen molar-refractivity contribution < 1.29 is 9.90 Å². The highest BCUT2D eigenvalue weighted by molar-refractivity contribution is 5.76. The Morgan fingerprint density at radius 1 is 1.16 bits per heavy atom. The molecule has 0 saturated carbocycles. The van der Waals surface area contributed by atoms with Crippen molar-refractivity contribution in [3.8, 4) is 0 Å². The normalized spacial score (nSPS) is 21.0. The summed E-state index contributed by atoms with van der Waals surface area (Å²) in [5.41, 5.74) is 5.47. The van der Waals surface area contributed by atoms with Crippen molar-refractivity contribution in [2.45, 2.75) is 50.7 Å². The predicted molar refractivity (Wildman–Crippen MR) is 93.7 cm³/mol. The predicted octanol–water partition coefficient (Wildman–Crippen LogP) is -0.173. The topological polar surface area (TPSA) is 101 Å². The monoisotopic (exact) mass is 350 g/mol. The second-order valence-corrected chi connectivity index (χ2v) is 7.23. The summed E-state index contributed by atoms with van der Waals surface area (Å²) < 4.78 is 2.12. The molecule has 3 N–H and O–H groups in total. The van der Waals surface area contributed by atoms with Crippen LogP contribution in [-0.4, -0.2) is 74.4 Å². The van der Waals surface area contributed by atoms with E-state index in [-0.39, 0.29) is 12.0 Å². The number of carbonyl (C=O) groups is 1. The fraction of sp³-hybridized carbons (Fsp3) is 0.824. The Morgan fingerprint density at radius 2 is 1.84 bits per heavy atom. The van der Waals surface area contributed by atoms with Gasteiger partial charge in [0.15, 0.2) is 0 Å². The van der Waals surface area contributed by atoms with Crippen molar-refractivity contribution in [2.75, 3.05) is 32.7 Å². The molecule has 2 fully saturated rings. The molecule has 3 rings (SSSR count). The molecule has 3 heterocycles. The molecule has 25 heavy (non-hydrogen) atoms. The summed E-state index contributed by atoms with van der Waals surface area (Å²) in [5, 5.41) is 18.5. The van der Waals surface area contributed by atoms with Crippen LogP contribution in [0.2, 0.25) is 0 Å². The van der Waals surface area contributed by atoms with Gasteiger partial charge < -0.3 is 20.3 Å². The van der Waals surface area contributed by atoms with Crippen LogP contribution in [0.25, 0.3) is 0 Å². The van der Waals surface area contributed by atoms with Gasteiger partial charge >= 0.3 is 0 Å². The summed E-state index contributed by atoms with van der Waals surface area (Å²) in [5.74, 6) is 2.52. The summed E-state index contributed by atoms with van der Waals surface area (Å²) in [7, 11) is 2.04. The Morgan fingerprint density at radius 3 is 2.48 bits per heavy atom. The van der Waals surface area contributed by atoms with Crippen LogP contribution in [0.3, 0.4) is 0 Å². The minimum atomic E-state index is -0.154. The third kappa shape index (κ3) is 4.37. The number of hydrogen-bond acceptors (Lipinski definition) is 6. The lowest BCUT2D eigenvalue weighted by atomic mass is 9.95. The van der Waals surface area contributed by atoms with Gasteiger partial charge in [0.1, 0.15) is 11.6 Å². The van der Waals surface area contributed by atoms with Gasteiger partial charge in [-0.2, -0.15) is 0 Å². The van der Waals surface area contributed by atoms with E-state index >= 15 is 0 Å². The van der Waals surface area contributed by atoms with Crippen molar-refractivity contribution in [3.63, 3.8) is 0 Å². The lowest BCUT2D eigenvalue weighted by Crippen LogP contribution is -2.39. The number of nitrogens with two attached hydrogens (primary N) is 1. The molecule has 2 saturated heterocycles. The average molecular weight is 350 g/mol. The number of aliphatic hydroxyl groups excluding tert-OH is 1. The van der Waals surface area contributed by atoms with E-state index in [1.807, 2.05) is 11.9 Å². The van der Waals surface area contributed by atoms with Crippen molar-refractivity contribution in [2.24, 2.45) is 12.8 Å². The minimum absolute atomic E-state index is 0.154. The Balaban J connectivity index is 1.56. The van der Waals surface area contributed by atoms with Crippen molar-refractivity contribution in [1.29, 1.82) is 0 Å². The largest absolute Gasteiger partial charge is 0.393 e. The Hall–Kier alpha value is -1.51. The number of aliphatic hydroxyl groups is 1. The van der Waals surface area contributed by atoms with E-state index in [0.717, 1.165) is 70.1 Å². The maximum Gasteiger partial charge on any atom is 0.223 e. The first-order chi connectivity index (χ1) is 12.1. The van der Waals surface area contributed by atoms with Gasteiger partial charge in [-0.15, -0.1) is 10.2 Å². The fourth-order valence-corrected chi connectivity index (χ4v) is 3.81. The Kier molecular flexibility index (Phi) is 6.03. The number of piperidine rings is 2. The van der Waals surface area contributed by atoms with Crippen molar-refractivity contribution in [1.82, 2.24) is 24.6 Å². The third-order valence-corrected chi connectivity index (χ3v) is 5.49. The van der Waals surface area contributed by atoms with E-state index in [1.54, 1.807) is 0 Å². The van der Waals surface area contributed by atoms with E-state index < -0.39 is 0 Å². The summed E-state index contributed by atoms with van der Waals surface area (Å²) in [6.45, 7) is 4.56. The van der Waals surface area contributed by atoms with Crippen LogP contribution in [0.15, 0.2) is 0 Å². The van der Waals surface area contributed by atoms with Crippen LogP contribution in [0.5, 0.6) is 0 Å². The molecule has 0 aromatic carbocycles. The molecule has 2 aliphatic rings. The second-order valence-electron chi connectivity index (χ2n) is 7.23. The molecular weight excluding hydrogens is 320 g/mol. The number of rotatable bonds is 5. The summed E-state index contributed by atoms with van der Waals surface area (Å²) >= 11 is 0. The molecule has 0 spiro atoms. The highest BCUT2D eigenvalue weighted by atomic mass is 16.3. The first kappa shape index (κ1) is 18.3. The maximum absolute atomic E-state index is 11.9. The number of likely N-dealkylation sites (tertiary alicyclic amines) is 2. The van der Waals surface area contributed by atoms with E-state index in [1.165, 1.54) is 0 Å². The third-order valence-electron chi connectivity index (χ3n) is 5.49. The first-order valence-electron chi connectivity index (χ1n) is 9.35. The van der Waals surface area contributed by atoms with Gasteiger partial charge in [-0.1, -0.05) is 0 Å². The smallest absolute Gasteiger partial charge is 0.223 e. The molecular formula is C17H30N6O2. The van der Waals surface area contributed by atoms with Crippen LogP contribution in [0.4, 0.5) is 0 Å². The first-order valence-corrected chi connectivity index (χ1v) is 9.35. The molecule has 1 amide bonds. The van der Waals surface area contributed by atoms with Crippen LogP contribution >= 0.6 is 0 Å². The van der Waals surface area contributed by atoms with E-state index in [2.05, 4.69) is 19.7 Å². The summed E-state index contributed by atoms with van der Waals surface area (Å²) in [4.78, 5) is 16.2. The molecule has 0 atom stereocenters. The van der Waals surface area contributed by atoms with E-state index in [0.29, 0.717) is 18.9 Å². The average Bonchev–Trinajstić information content (AvgIpc) is 2.98. The minimum Gasteiger partial charge on any atom is -0.393 e. The van der Waals surface area contributed by atoms with Crippen LogP contribution in [0.1, 0.15) is 49.7 Å². The molecule has 140 valence electrons. The molecule has 0 radical (unpaired) electrons. The Bertz CT molecular complexity index is 574. The molecule has 1 aromatic rings. The SMILES string of the molecule is Cn1c(CN2CCC(O)CC2)nnc1C1CCN(C(=O)CCN)CC1. The lowest BCUT2D eigenvalue weighted by molar-refractivity contribution is -0.132. The van der Waals surface area contributed by atoms with Crippen molar-refractivity contribution >= 4 is 5.91 Å². The quantitative estimate of drug-likeness (QED) is 0.764. The molecule has 8 heteroatoms. The molecule has 2 aliphatic heterocycles. The Labute approximate surface area is 149 Å². The van der Waals surface area contributed by atoms with E-state index in [4.69, 9.17) is 5.73 Å². The van der Waals surface area contributed by atoms with Crippen LogP contribution in [-0.2, 0) is 18.4 Å². The van der Waals surface area contributed by atoms with Gasteiger partial charge in [0.2, 0.25) is 5.91 Å². The van der Waals surface area contributed by atoms with E-state index in [9.17, 15) is 9.90 Å². The maximum atomic E-state index is 11.9. The molecule has 0 bridgehead atoms. The van der Waals surface area contributed by atoms with Gasteiger partial charge in [-0.3, -0.25) is 9.69 Å². The molecule has 0 aliphatic carbocycles. The highest BCUT2D eigenvalue weighted by Crippen LogP contribution is 2.27. The number of amides is 1. The van der Waals surface area contributed by atoms with Gasteiger partial charge in [-0.05, 0) is 25.7 Å². The number of nitrogens with zero attached hydrogens (tertiary/aromatic N) is 5. The number of aromatic nitrogens is 3. The van der Waals surface area contributed by atoms with Crippen LogP contribution < -0.4 is 5.73 Å². The summed E-state index contributed by atoms with van der Waals surface area (Å²) in [6.07, 6.45) is 3.80. The molecule has 1 aromatic heterocycles. The number of carbonyl (C=O) groups excluding carboxylic acids is 1. The zero-order valence-corrected chi connectivity index (χ0v) is 15.1. The van der Waals surface area contributed by atoms with Gasteiger partial charge in [0, 0.05) is 52.1 Å². The van der Waals surface area contributed by atoms with Crippen LogP contribution in [0, 0.1) is 0 Å².